The number of nitrogens with zero attached hydrogens (tertiary/aromatic N) is 1. The van der Waals surface area contributed by atoms with Crippen molar-refractivity contribution in [3.63, 3.8) is 0 Å². The quantitative estimate of drug-likeness (QED) is 0.700. The van der Waals surface area contributed by atoms with Gasteiger partial charge in [-0.2, -0.15) is 0 Å². The van der Waals surface area contributed by atoms with Gasteiger partial charge in [-0.3, -0.25) is 4.98 Å². The maximum absolute atomic E-state index is 5.84. The van der Waals surface area contributed by atoms with Crippen molar-refractivity contribution in [1.29, 1.82) is 0 Å². The fourth-order valence-electron chi connectivity index (χ4n) is 1.88. The first-order valence-electron chi connectivity index (χ1n) is 6.03. The Kier molecular flexibility index (Phi) is 3.34. The van der Waals surface area contributed by atoms with Gasteiger partial charge in [-0.1, -0.05) is 41.9 Å². The minimum Gasteiger partial charge on any atom is -0.487 e. The summed E-state index contributed by atoms with van der Waals surface area (Å²) in [5.74, 6) is 0.772. The van der Waals surface area contributed by atoms with E-state index in [1.54, 1.807) is 6.20 Å². The van der Waals surface area contributed by atoms with E-state index in [0.717, 1.165) is 27.2 Å². The second-order valence-electron chi connectivity index (χ2n) is 4.28. The number of hydrogen-bond donors (Lipinski definition) is 0. The van der Waals surface area contributed by atoms with Gasteiger partial charge in [0, 0.05) is 10.4 Å². The summed E-state index contributed by atoms with van der Waals surface area (Å²) in [6, 6.07) is 17.6. The third-order valence-corrected chi connectivity index (χ3v) is 3.14. The highest BCUT2D eigenvalue weighted by atomic mass is 35.5. The smallest absolute Gasteiger partial charge is 0.138 e. The Labute approximate surface area is 116 Å². The number of aromatic nitrogens is 1. The van der Waals surface area contributed by atoms with E-state index < -0.39 is 0 Å². The van der Waals surface area contributed by atoms with E-state index in [4.69, 9.17) is 16.3 Å². The standard InChI is InChI=1S/C16H12ClNO/c17-14-7-5-12(6-8-14)11-19-15-9-13-3-1-2-4-16(13)18-10-15/h1-10H,11H2. The molecule has 0 unspecified atom stereocenters. The van der Waals surface area contributed by atoms with E-state index in [2.05, 4.69) is 4.98 Å². The van der Waals surface area contributed by atoms with Crippen molar-refractivity contribution in [2.45, 2.75) is 6.61 Å². The topological polar surface area (TPSA) is 22.1 Å². The zero-order chi connectivity index (χ0) is 13.1. The highest BCUT2D eigenvalue weighted by Crippen LogP contribution is 2.19. The molecule has 19 heavy (non-hydrogen) atoms. The zero-order valence-corrected chi connectivity index (χ0v) is 11.0. The number of halogens is 1. The Bertz CT molecular complexity index is 694. The van der Waals surface area contributed by atoms with Crippen molar-refractivity contribution in [3.05, 3.63) is 71.4 Å². The zero-order valence-electron chi connectivity index (χ0n) is 10.2. The second kappa shape index (κ2) is 5.29. The average molecular weight is 270 g/mol. The Morgan fingerprint density at radius 1 is 1.00 bits per heavy atom. The Hall–Kier alpha value is -2.06. The predicted molar refractivity (Wildman–Crippen MR) is 77.5 cm³/mol. The lowest BCUT2D eigenvalue weighted by atomic mass is 10.2. The molecule has 0 aliphatic rings. The van der Waals surface area contributed by atoms with Gasteiger partial charge in [-0.05, 0) is 29.8 Å². The number of para-hydroxylation sites is 1. The molecule has 0 saturated heterocycles. The number of pyridine rings is 1. The van der Waals surface area contributed by atoms with Crippen molar-refractivity contribution in [2.24, 2.45) is 0 Å². The van der Waals surface area contributed by atoms with Crippen LogP contribution >= 0.6 is 11.6 Å². The van der Waals surface area contributed by atoms with Gasteiger partial charge >= 0.3 is 0 Å². The molecule has 0 bridgehead atoms. The number of rotatable bonds is 3. The average Bonchev–Trinajstić information content (AvgIpc) is 2.46. The van der Waals surface area contributed by atoms with Crippen molar-refractivity contribution in [3.8, 4) is 5.75 Å². The molecule has 2 nitrogen and oxygen atoms in total. The molecule has 0 saturated carbocycles. The minimum atomic E-state index is 0.511. The highest BCUT2D eigenvalue weighted by molar-refractivity contribution is 6.30. The van der Waals surface area contributed by atoms with Gasteiger partial charge in [-0.15, -0.1) is 0 Å². The van der Waals surface area contributed by atoms with Crippen molar-refractivity contribution in [1.82, 2.24) is 4.98 Å². The van der Waals surface area contributed by atoms with Crippen LogP contribution in [0.25, 0.3) is 10.9 Å². The van der Waals surface area contributed by atoms with Crippen LogP contribution in [-0.2, 0) is 6.61 Å². The lowest BCUT2D eigenvalue weighted by molar-refractivity contribution is 0.305. The van der Waals surface area contributed by atoms with Gasteiger partial charge < -0.3 is 4.74 Å². The predicted octanol–water partition coefficient (Wildman–Crippen LogP) is 4.47. The molecule has 94 valence electrons. The van der Waals surface area contributed by atoms with E-state index in [-0.39, 0.29) is 0 Å². The molecule has 0 aliphatic heterocycles. The van der Waals surface area contributed by atoms with Crippen LogP contribution in [0.4, 0.5) is 0 Å². The van der Waals surface area contributed by atoms with Crippen LogP contribution < -0.4 is 4.74 Å². The summed E-state index contributed by atoms with van der Waals surface area (Å²) >= 11 is 5.84. The summed E-state index contributed by atoms with van der Waals surface area (Å²) < 4.78 is 5.73. The highest BCUT2D eigenvalue weighted by Gasteiger charge is 1.99. The molecule has 0 fully saturated rings. The first-order chi connectivity index (χ1) is 9.31. The van der Waals surface area contributed by atoms with E-state index in [1.807, 2.05) is 54.6 Å². The van der Waals surface area contributed by atoms with Crippen LogP contribution in [-0.4, -0.2) is 4.98 Å². The van der Waals surface area contributed by atoms with Crippen molar-refractivity contribution < 1.29 is 4.74 Å². The van der Waals surface area contributed by atoms with Crippen LogP contribution in [0, 0.1) is 0 Å². The molecular formula is C16H12ClNO. The fourth-order valence-corrected chi connectivity index (χ4v) is 2.00. The third-order valence-electron chi connectivity index (χ3n) is 2.88. The maximum Gasteiger partial charge on any atom is 0.138 e. The molecule has 3 heteroatoms. The molecule has 1 aromatic heterocycles. The van der Waals surface area contributed by atoms with Gasteiger partial charge in [-0.25, -0.2) is 0 Å². The summed E-state index contributed by atoms with van der Waals surface area (Å²) in [6.45, 7) is 0.511. The maximum atomic E-state index is 5.84. The fraction of sp³-hybridized carbons (Fsp3) is 0.0625. The first kappa shape index (κ1) is 12.0. The summed E-state index contributed by atoms with van der Waals surface area (Å²) in [5.41, 5.74) is 2.05. The van der Waals surface area contributed by atoms with Crippen LogP contribution in [0.5, 0.6) is 5.75 Å². The van der Waals surface area contributed by atoms with E-state index in [0.29, 0.717) is 6.61 Å². The van der Waals surface area contributed by atoms with Gasteiger partial charge in [0.15, 0.2) is 0 Å². The monoisotopic (exact) mass is 269 g/mol. The Morgan fingerprint density at radius 2 is 1.79 bits per heavy atom. The van der Waals surface area contributed by atoms with Crippen LogP contribution in [0.2, 0.25) is 5.02 Å². The molecule has 1 heterocycles. The molecule has 3 aromatic rings. The number of fused-ring (bicyclic) bond motifs is 1. The summed E-state index contributed by atoms with van der Waals surface area (Å²) in [5, 5.41) is 1.81. The second-order valence-corrected chi connectivity index (χ2v) is 4.72. The first-order valence-corrected chi connectivity index (χ1v) is 6.41. The van der Waals surface area contributed by atoms with Gasteiger partial charge in [0.05, 0.1) is 11.7 Å². The van der Waals surface area contributed by atoms with Crippen molar-refractivity contribution >= 4 is 22.5 Å². The lowest BCUT2D eigenvalue weighted by Crippen LogP contribution is -1.95. The number of hydrogen-bond acceptors (Lipinski definition) is 2. The SMILES string of the molecule is Clc1ccc(COc2cnc3ccccc3c2)cc1. The Balaban J connectivity index is 1.76. The third kappa shape index (κ3) is 2.85. The van der Waals surface area contributed by atoms with Gasteiger partial charge in [0.1, 0.15) is 12.4 Å². The molecule has 0 spiro atoms. The lowest BCUT2D eigenvalue weighted by Gasteiger charge is -2.07. The summed E-state index contributed by atoms with van der Waals surface area (Å²) in [7, 11) is 0. The number of benzene rings is 2. The minimum absolute atomic E-state index is 0.511. The molecule has 2 aromatic carbocycles. The molecular weight excluding hydrogens is 258 g/mol. The van der Waals surface area contributed by atoms with E-state index >= 15 is 0 Å². The summed E-state index contributed by atoms with van der Waals surface area (Å²) in [4.78, 5) is 4.36. The molecule has 0 aliphatic carbocycles. The Morgan fingerprint density at radius 3 is 2.63 bits per heavy atom. The van der Waals surface area contributed by atoms with Crippen LogP contribution in [0.1, 0.15) is 5.56 Å². The van der Waals surface area contributed by atoms with E-state index in [9.17, 15) is 0 Å². The molecule has 0 N–H and O–H groups in total. The molecule has 0 atom stereocenters. The van der Waals surface area contributed by atoms with Crippen LogP contribution in [0.15, 0.2) is 60.8 Å². The number of ether oxygens (including phenoxy) is 1. The largest absolute Gasteiger partial charge is 0.487 e. The molecule has 0 amide bonds. The molecule has 3 rings (SSSR count). The van der Waals surface area contributed by atoms with Crippen molar-refractivity contribution in [2.75, 3.05) is 0 Å². The van der Waals surface area contributed by atoms with Crippen LogP contribution in [0.3, 0.4) is 0 Å². The molecule has 0 radical (unpaired) electrons. The van der Waals surface area contributed by atoms with Gasteiger partial charge in [0.2, 0.25) is 0 Å². The normalized spacial score (nSPS) is 10.6. The summed E-state index contributed by atoms with van der Waals surface area (Å²) in [6.07, 6.45) is 1.75. The van der Waals surface area contributed by atoms with E-state index in [1.165, 1.54) is 0 Å². The van der Waals surface area contributed by atoms with Gasteiger partial charge in [0.25, 0.3) is 0 Å².